The Morgan fingerprint density at radius 2 is 1.79 bits per heavy atom. The van der Waals surface area contributed by atoms with Gasteiger partial charge >= 0.3 is 11.9 Å². The molecule has 3 heterocycles. The van der Waals surface area contributed by atoms with Gasteiger partial charge < -0.3 is 14.5 Å². The van der Waals surface area contributed by atoms with Gasteiger partial charge in [0.05, 0.1) is 20.3 Å². The Morgan fingerprint density at radius 3 is 2.48 bits per heavy atom. The van der Waals surface area contributed by atoms with Crippen LogP contribution < -0.4 is 0 Å². The first-order chi connectivity index (χ1) is 14.1. The summed E-state index contributed by atoms with van der Waals surface area (Å²) >= 11 is 0. The molecule has 29 heavy (non-hydrogen) atoms. The van der Waals surface area contributed by atoms with Gasteiger partial charge in [-0.05, 0) is 55.7 Å². The van der Waals surface area contributed by atoms with Crippen LogP contribution in [0.2, 0.25) is 0 Å². The van der Waals surface area contributed by atoms with Gasteiger partial charge in [0.25, 0.3) is 0 Å². The third kappa shape index (κ3) is 3.66. The molecule has 4 rings (SSSR count). The molecule has 6 nitrogen and oxygen atoms in total. The maximum Gasteiger partial charge on any atom is 0.305 e. The van der Waals surface area contributed by atoms with Gasteiger partial charge in [-0.2, -0.15) is 0 Å². The fourth-order valence-corrected chi connectivity index (χ4v) is 5.55. The number of carbonyl (C=O) groups excluding carboxylic acids is 2. The topological polar surface area (TPSA) is 71.6 Å². The van der Waals surface area contributed by atoms with Crippen molar-refractivity contribution in [2.75, 3.05) is 27.3 Å². The van der Waals surface area contributed by atoms with Gasteiger partial charge in [0.1, 0.15) is 0 Å². The van der Waals surface area contributed by atoms with Gasteiger partial charge in [0.15, 0.2) is 0 Å². The number of hydrogen-bond donors (Lipinski definition) is 1. The van der Waals surface area contributed by atoms with E-state index in [1.807, 2.05) is 0 Å². The number of H-pyrrole nitrogens is 1. The molecule has 0 radical (unpaired) electrons. The summed E-state index contributed by atoms with van der Waals surface area (Å²) in [6, 6.07) is 8.65. The van der Waals surface area contributed by atoms with E-state index in [9.17, 15) is 9.59 Å². The number of esters is 2. The number of carbonyl (C=O) groups is 2. The van der Waals surface area contributed by atoms with Crippen molar-refractivity contribution < 1.29 is 19.1 Å². The molecule has 1 fully saturated rings. The number of piperidine rings is 1. The fourth-order valence-electron chi connectivity index (χ4n) is 5.55. The van der Waals surface area contributed by atoms with Crippen LogP contribution in [0.4, 0.5) is 0 Å². The summed E-state index contributed by atoms with van der Waals surface area (Å²) in [5.41, 5.74) is 3.67. The van der Waals surface area contributed by atoms with E-state index >= 15 is 0 Å². The first kappa shape index (κ1) is 20.0. The van der Waals surface area contributed by atoms with E-state index in [0.717, 1.165) is 32.4 Å². The van der Waals surface area contributed by atoms with Crippen LogP contribution >= 0.6 is 0 Å². The lowest BCUT2D eigenvalue weighted by Gasteiger charge is -2.52. The quantitative estimate of drug-likeness (QED) is 0.751. The summed E-state index contributed by atoms with van der Waals surface area (Å²) in [5.74, 6) is -0.375. The highest BCUT2D eigenvalue weighted by atomic mass is 16.5. The van der Waals surface area contributed by atoms with Crippen molar-refractivity contribution in [3.8, 4) is 0 Å². The number of hydrogen-bond acceptors (Lipinski definition) is 5. The van der Waals surface area contributed by atoms with Gasteiger partial charge in [-0.1, -0.05) is 18.2 Å². The van der Waals surface area contributed by atoms with Gasteiger partial charge in [-0.15, -0.1) is 0 Å². The Balaban J connectivity index is 1.75. The number of methoxy groups -OCH3 is 2. The fraction of sp³-hybridized carbons (Fsp3) is 0.565. The number of fused-ring (bicyclic) bond motifs is 5. The molecule has 2 aliphatic rings. The maximum atomic E-state index is 12.0. The summed E-state index contributed by atoms with van der Waals surface area (Å²) in [7, 11) is 2.88. The summed E-state index contributed by atoms with van der Waals surface area (Å²) < 4.78 is 9.87. The number of nitrogens with zero attached hydrogens (tertiary/aromatic N) is 1. The maximum absolute atomic E-state index is 12.0. The van der Waals surface area contributed by atoms with Crippen molar-refractivity contribution in [1.29, 1.82) is 0 Å². The first-order valence-corrected chi connectivity index (χ1v) is 10.5. The minimum Gasteiger partial charge on any atom is -0.469 e. The monoisotopic (exact) mass is 398 g/mol. The summed E-state index contributed by atoms with van der Waals surface area (Å²) in [6.45, 7) is 2.06. The minimum absolute atomic E-state index is 0.156. The standard InChI is InChI=1S/C23H30N2O4/c1-28-19(26)8-12-23(13-9-20(27)29-2)11-5-14-25-15-10-17-16-6-3-4-7-18(16)24-21(17)22(23)25/h3-4,6-7,22,24H,5,8-15H2,1-2H3. The number of nitrogens with one attached hydrogen (secondary N) is 1. The average Bonchev–Trinajstić information content (AvgIpc) is 3.14. The van der Waals surface area contributed by atoms with E-state index in [2.05, 4.69) is 34.1 Å². The molecule has 156 valence electrons. The molecule has 0 bridgehead atoms. The minimum atomic E-state index is -0.188. The first-order valence-electron chi connectivity index (χ1n) is 10.5. The molecule has 1 atom stereocenters. The van der Waals surface area contributed by atoms with Crippen LogP contribution in [0.15, 0.2) is 24.3 Å². The van der Waals surface area contributed by atoms with E-state index < -0.39 is 0 Å². The zero-order valence-electron chi connectivity index (χ0n) is 17.3. The normalized spacial score (nSPS) is 20.7. The summed E-state index contributed by atoms with van der Waals surface area (Å²) in [6.07, 6.45) is 5.28. The Kier molecular flexibility index (Phi) is 5.63. The predicted molar refractivity (Wildman–Crippen MR) is 110 cm³/mol. The van der Waals surface area contributed by atoms with Crippen LogP contribution in [-0.2, 0) is 25.5 Å². The third-order valence-electron chi connectivity index (χ3n) is 6.94. The van der Waals surface area contributed by atoms with E-state index in [1.54, 1.807) is 0 Å². The lowest BCUT2D eigenvalue weighted by molar-refractivity contribution is -0.143. The molecule has 2 aromatic rings. The van der Waals surface area contributed by atoms with E-state index in [-0.39, 0.29) is 23.4 Å². The number of para-hydroxylation sites is 1. The zero-order chi connectivity index (χ0) is 20.4. The van der Waals surface area contributed by atoms with Crippen LogP contribution in [0.1, 0.15) is 55.8 Å². The molecular weight excluding hydrogens is 368 g/mol. The molecule has 1 saturated heterocycles. The van der Waals surface area contributed by atoms with Crippen molar-refractivity contribution in [2.45, 2.75) is 51.0 Å². The van der Waals surface area contributed by atoms with Gasteiger partial charge in [0.2, 0.25) is 0 Å². The Morgan fingerprint density at radius 1 is 1.10 bits per heavy atom. The number of aromatic nitrogens is 1. The highest BCUT2D eigenvalue weighted by molar-refractivity contribution is 5.85. The van der Waals surface area contributed by atoms with Crippen molar-refractivity contribution in [3.05, 3.63) is 35.5 Å². The van der Waals surface area contributed by atoms with E-state index in [0.29, 0.717) is 25.7 Å². The molecule has 0 aliphatic carbocycles. The van der Waals surface area contributed by atoms with Gasteiger partial charge in [0, 0.05) is 36.0 Å². The molecular formula is C23H30N2O4. The number of aromatic amines is 1. The molecule has 0 amide bonds. The lowest BCUT2D eigenvalue weighted by Crippen LogP contribution is -2.49. The highest BCUT2D eigenvalue weighted by Crippen LogP contribution is 2.54. The Bertz CT molecular complexity index is 883. The summed E-state index contributed by atoms with van der Waals surface area (Å²) in [5, 5.41) is 1.29. The molecule has 1 aromatic heterocycles. The third-order valence-corrected chi connectivity index (χ3v) is 6.94. The van der Waals surface area contributed by atoms with E-state index in [4.69, 9.17) is 9.47 Å². The largest absolute Gasteiger partial charge is 0.469 e. The highest BCUT2D eigenvalue weighted by Gasteiger charge is 2.48. The lowest BCUT2D eigenvalue weighted by atomic mass is 9.64. The van der Waals surface area contributed by atoms with Gasteiger partial charge in [-0.3, -0.25) is 14.5 Å². The van der Waals surface area contributed by atoms with Gasteiger partial charge in [-0.25, -0.2) is 0 Å². The SMILES string of the molecule is COC(=O)CCC1(CCC(=O)OC)CCCN2CCc3c([nH]c4ccccc34)C21. The average molecular weight is 399 g/mol. The molecule has 1 N–H and O–H groups in total. The van der Waals surface area contributed by atoms with Crippen molar-refractivity contribution in [3.63, 3.8) is 0 Å². The Labute approximate surface area is 171 Å². The number of rotatable bonds is 6. The van der Waals surface area contributed by atoms with Crippen LogP contribution in [0.5, 0.6) is 0 Å². The van der Waals surface area contributed by atoms with Crippen LogP contribution in [0, 0.1) is 5.41 Å². The number of benzene rings is 1. The van der Waals surface area contributed by atoms with Crippen molar-refractivity contribution in [2.24, 2.45) is 5.41 Å². The predicted octanol–water partition coefficient (Wildman–Crippen LogP) is 3.75. The van der Waals surface area contributed by atoms with Crippen molar-refractivity contribution >= 4 is 22.8 Å². The molecule has 6 heteroatoms. The zero-order valence-corrected chi connectivity index (χ0v) is 17.3. The van der Waals surface area contributed by atoms with E-state index in [1.165, 1.54) is 36.4 Å². The second-order valence-corrected chi connectivity index (χ2v) is 8.37. The molecule has 0 saturated carbocycles. The number of ether oxygens (including phenoxy) is 2. The van der Waals surface area contributed by atoms with Crippen molar-refractivity contribution in [1.82, 2.24) is 9.88 Å². The molecule has 1 unspecified atom stereocenters. The smallest absolute Gasteiger partial charge is 0.305 e. The summed E-state index contributed by atoms with van der Waals surface area (Å²) in [4.78, 5) is 30.3. The Hall–Kier alpha value is -2.34. The molecule has 0 spiro atoms. The second kappa shape index (κ2) is 8.19. The second-order valence-electron chi connectivity index (χ2n) is 8.37. The van der Waals surface area contributed by atoms with Crippen LogP contribution in [0.3, 0.4) is 0 Å². The van der Waals surface area contributed by atoms with Crippen LogP contribution in [0.25, 0.3) is 10.9 Å². The molecule has 1 aromatic carbocycles. The van der Waals surface area contributed by atoms with Crippen LogP contribution in [-0.4, -0.2) is 49.1 Å². The molecule has 2 aliphatic heterocycles.